The second-order valence-electron chi connectivity index (χ2n) is 6.12. The van der Waals surface area contributed by atoms with E-state index in [9.17, 15) is 0 Å². The molecule has 0 aromatic heterocycles. The summed E-state index contributed by atoms with van der Waals surface area (Å²) < 4.78 is 5.97. The quantitative estimate of drug-likeness (QED) is 0.704. The summed E-state index contributed by atoms with van der Waals surface area (Å²) in [4.78, 5) is 0. The third-order valence-electron chi connectivity index (χ3n) is 3.41. The fraction of sp³-hybridized carbons (Fsp3) is 1.00. The molecule has 0 spiro atoms. The average molecular weight is 230 g/mol. The average Bonchev–Trinajstić information content (AvgIpc) is 2.12. The molecule has 0 saturated carbocycles. The number of hydrogen-bond donors (Lipinski definition) is 2. The molecule has 0 aromatic carbocycles. The van der Waals surface area contributed by atoms with E-state index in [1.165, 1.54) is 0 Å². The first-order valence-electron chi connectivity index (χ1n) is 6.19. The number of rotatable bonds is 7. The van der Waals surface area contributed by atoms with Crippen LogP contribution >= 0.6 is 0 Å². The SMILES string of the molecule is CNC(C)(C)C(C)COC(C)(C)CC(C)N. The summed E-state index contributed by atoms with van der Waals surface area (Å²) >= 11 is 0. The van der Waals surface area contributed by atoms with Crippen molar-refractivity contribution in [1.29, 1.82) is 0 Å². The van der Waals surface area contributed by atoms with E-state index >= 15 is 0 Å². The highest BCUT2D eigenvalue weighted by molar-refractivity contribution is 4.83. The van der Waals surface area contributed by atoms with Crippen LogP contribution in [0.5, 0.6) is 0 Å². The van der Waals surface area contributed by atoms with Crippen molar-refractivity contribution in [2.45, 2.75) is 65.1 Å². The van der Waals surface area contributed by atoms with Gasteiger partial charge in [-0.2, -0.15) is 0 Å². The van der Waals surface area contributed by atoms with E-state index in [0.29, 0.717) is 5.92 Å². The zero-order chi connectivity index (χ0) is 13.0. The molecule has 98 valence electrons. The Labute approximate surface area is 101 Å². The molecule has 16 heavy (non-hydrogen) atoms. The van der Waals surface area contributed by atoms with Gasteiger partial charge in [-0.3, -0.25) is 0 Å². The summed E-state index contributed by atoms with van der Waals surface area (Å²) in [6.45, 7) is 13.6. The Balaban J connectivity index is 4.14. The van der Waals surface area contributed by atoms with Crippen LogP contribution in [0.2, 0.25) is 0 Å². The van der Waals surface area contributed by atoms with Crippen molar-refractivity contribution in [3.8, 4) is 0 Å². The largest absolute Gasteiger partial charge is 0.375 e. The van der Waals surface area contributed by atoms with Gasteiger partial charge in [0.1, 0.15) is 0 Å². The van der Waals surface area contributed by atoms with E-state index in [1.54, 1.807) is 0 Å². The van der Waals surface area contributed by atoms with E-state index < -0.39 is 0 Å². The van der Waals surface area contributed by atoms with Crippen molar-refractivity contribution in [1.82, 2.24) is 5.32 Å². The van der Waals surface area contributed by atoms with Crippen LogP contribution in [-0.4, -0.2) is 30.8 Å². The molecule has 0 aromatic rings. The van der Waals surface area contributed by atoms with Crippen molar-refractivity contribution in [2.75, 3.05) is 13.7 Å². The van der Waals surface area contributed by atoms with Gasteiger partial charge in [0.2, 0.25) is 0 Å². The third kappa shape index (κ3) is 5.83. The maximum absolute atomic E-state index is 5.97. The van der Waals surface area contributed by atoms with Crippen molar-refractivity contribution < 1.29 is 4.74 Å². The van der Waals surface area contributed by atoms with Crippen LogP contribution in [0.4, 0.5) is 0 Å². The smallest absolute Gasteiger partial charge is 0.0641 e. The van der Waals surface area contributed by atoms with Gasteiger partial charge in [0.25, 0.3) is 0 Å². The predicted octanol–water partition coefficient (Wildman–Crippen LogP) is 2.15. The monoisotopic (exact) mass is 230 g/mol. The van der Waals surface area contributed by atoms with Crippen LogP contribution in [0.25, 0.3) is 0 Å². The molecule has 0 rings (SSSR count). The van der Waals surface area contributed by atoms with Crippen LogP contribution in [-0.2, 0) is 4.74 Å². The van der Waals surface area contributed by atoms with Gasteiger partial charge >= 0.3 is 0 Å². The molecule has 0 heterocycles. The molecule has 0 aliphatic carbocycles. The Hall–Kier alpha value is -0.120. The van der Waals surface area contributed by atoms with E-state index in [-0.39, 0.29) is 17.2 Å². The summed E-state index contributed by atoms with van der Waals surface area (Å²) in [6, 6.07) is 0.183. The Bertz CT molecular complexity index is 200. The Morgan fingerprint density at radius 3 is 2.06 bits per heavy atom. The van der Waals surface area contributed by atoms with Crippen LogP contribution < -0.4 is 11.1 Å². The van der Waals surface area contributed by atoms with E-state index in [4.69, 9.17) is 10.5 Å². The number of ether oxygens (including phenoxy) is 1. The maximum atomic E-state index is 5.97. The van der Waals surface area contributed by atoms with Gasteiger partial charge in [0.05, 0.1) is 12.2 Å². The molecule has 0 fully saturated rings. The minimum atomic E-state index is -0.133. The standard InChI is InChI=1S/C13H30N2O/c1-10(13(5,6)15-7)9-16-12(3,4)8-11(2)14/h10-11,15H,8-9,14H2,1-7H3. The van der Waals surface area contributed by atoms with Gasteiger partial charge in [-0.15, -0.1) is 0 Å². The lowest BCUT2D eigenvalue weighted by molar-refractivity contribution is -0.0515. The summed E-state index contributed by atoms with van der Waals surface area (Å²) in [5.74, 6) is 0.463. The molecule has 3 heteroatoms. The minimum Gasteiger partial charge on any atom is -0.375 e. The number of nitrogens with two attached hydrogens (primary N) is 1. The van der Waals surface area contributed by atoms with Gasteiger partial charge in [0.15, 0.2) is 0 Å². The zero-order valence-corrected chi connectivity index (χ0v) is 12.1. The van der Waals surface area contributed by atoms with Gasteiger partial charge < -0.3 is 15.8 Å². The maximum Gasteiger partial charge on any atom is 0.0641 e. The molecule has 0 amide bonds. The highest BCUT2D eigenvalue weighted by Gasteiger charge is 2.27. The van der Waals surface area contributed by atoms with Crippen molar-refractivity contribution in [3.63, 3.8) is 0 Å². The summed E-state index contributed by atoms with van der Waals surface area (Å²) in [5.41, 5.74) is 5.77. The lowest BCUT2D eigenvalue weighted by atomic mass is 9.89. The van der Waals surface area contributed by atoms with Crippen molar-refractivity contribution in [3.05, 3.63) is 0 Å². The van der Waals surface area contributed by atoms with E-state index in [2.05, 4.69) is 39.9 Å². The first-order chi connectivity index (χ1) is 7.10. The molecule has 0 bridgehead atoms. The molecule has 3 nitrogen and oxygen atoms in total. The van der Waals surface area contributed by atoms with Crippen LogP contribution in [0.15, 0.2) is 0 Å². The summed E-state index contributed by atoms with van der Waals surface area (Å²) in [6.07, 6.45) is 0.889. The van der Waals surface area contributed by atoms with Gasteiger partial charge in [-0.1, -0.05) is 6.92 Å². The molecule has 2 atom stereocenters. The van der Waals surface area contributed by atoms with Gasteiger partial charge in [-0.05, 0) is 54.0 Å². The Morgan fingerprint density at radius 1 is 1.19 bits per heavy atom. The predicted molar refractivity (Wildman–Crippen MR) is 70.6 cm³/mol. The minimum absolute atomic E-state index is 0.102. The lowest BCUT2D eigenvalue weighted by Gasteiger charge is -2.35. The summed E-state index contributed by atoms with van der Waals surface area (Å²) in [5, 5.41) is 3.31. The van der Waals surface area contributed by atoms with Crippen molar-refractivity contribution in [2.24, 2.45) is 11.7 Å². The van der Waals surface area contributed by atoms with Crippen LogP contribution in [0.1, 0.15) is 48.0 Å². The molecule has 0 aliphatic rings. The molecule has 0 aliphatic heterocycles. The number of nitrogens with one attached hydrogen (secondary N) is 1. The molecule has 2 unspecified atom stereocenters. The molecular formula is C13H30N2O. The fourth-order valence-electron chi connectivity index (χ4n) is 1.64. The Morgan fingerprint density at radius 2 is 1.69 bits per heavy atom. The van der Waals surface area contributed by atoms with Gasteiger partial charge in [0, 0.05) is 11.6 Å². The van der Waals surface area contributed by atoms with Crippen molar-refractivity contribution >= 4 is 0 Å². The fourth-order valence-corrected chi connectivity index (χ4v) is 1.64. The molecule has 0 radical (unpaired) electrons. The first kappa shape index (κ1) is 15.9. The zero-order valence-electron chi connectivity index (χ0n) is 12.1. The van der Waals surface area contributed by atoms with Crippen LogP contribution in [0, 0.1) is 5.92 Å². The second kappa shape index (κ2) is 5.99. The van der Waals surface area contributed by atoms with Gasteiger partial charge in [-0.25, -0.2) is 0 Å². The first-order valence-corrected chi connectivity index (χ1v) is 6.19. The van der Waals surface area contributed by atoms with E-state index in [0.717, 1.165) is 13.0 Å². The normalized spacial score (nSPS) is 17.2. The lowest BCUT2D eigenvalue weighted by Crippen LogP contribution is -2.46. The summed E-state index contributed by atoms with van der Waals surface area (Å²) in [7, 11) is 1.99. The Kier molecular flexibility index (Phi) is 5.94. The topological polar surface area (TPSA) is 47.3 Å². The second-order valence-corrected chi connectivity index (χ2v) is 6.12. The highest BCUT2D eigenvalue weighted by Crippen LogP contribution is 2.21. The molecule has 0 saturated heterocycles. The highest BCUT2D eigenvalue weighted by atomic mass is 16.5. The van der Waals surface area contributed by atoms with E-state index in [1.807, 2.05) is 14.0 Å². The molecular weight excluding hydrogens is 200 g/mol. The number of hydrogen-bond acceptors (Lipinski definition) is 3. The third-order valence-corrected chi connectivity index (χ3v) is 3.41. The van der Waals surface area contributed by atoms with Crippen LogP contribution in [0.3, 0.4) is 0 Å². The molecule has 3 N–H and O–H groups in total.